The van der Waals surface area contributed by atoms with E-state index in [1.54, 1.807) is 0 Å². The second-order valence-electron chi connectivity index (χ2n) is 5.44. The van der Waals surface area contributed by atoms with Crippen LogP contribution in [-0.2, 0) is 16.0 Å². The minimum absolute atomic E-state index is 0.0688. The number of carbonyl (C=O) groups is 2. The highest BCUT2D eigenvalue weighted by Crippen LogP contribution is 2.30. The molecule has 0 radical (unpaired) electrons. The Morgan fingerprint density at radius 1 is 1.30 bits per heavy atom. The molecule has 1 fully saturated rings. The lowest BCUT2D eigenvalue weighted by Gasteiger charge is -2.31. The number of amides is 1. The van der Waals surface area contributed by atoms with Crippen LogP contribution in [-0.4, -0.2) is 37.9 Å². The molecule has 0 aromatic heterocycles. The SMILES string of the molecule is CC(=O)C1Cc2cc(N3CCNCC3)ccc2NC1=O. The molecule has 0 aliphatic carbocycles. The summed E-state index contributed by atoms with van der Waals surface area (Å²) >= 11 is 0. The Bertz CT molecular complexity index is 550. The number of nitrogens with one attached hydrogen (secondary N) is 2. The Labute approximate surface area is 118 Å². The number of piperazine rings is 1. The van der Waals surface area contributed by atoms with Gasteiger partial charge in [-0.05, 0) is 37.1 Å². The van der Waals surface area contributed by atoms with E-state index in [-0.39, 0.29) is 11.7 Å². The highest BCUT2D eigenvalue weighted by Gasteiger charge is 2.29. The molecule has 0 spiro atoms. The summed E-state index contributed by atoms with van der Waals surface area (Å²) in [5.41, 5.74) is 3.07. The van der Waals surface area contributed by atoms with Gasteiger partial charge in [0.25, 0.3) is 0 Å². The zero-order valence-electron chi connectivity index (χ0n) is 11.6. The van der Waals surface area contributed by atoms with Crippen molar-refractivity contribution in [1.82, 2.24) is 5.32 Å². The minimum Gasteiger partial charge on any atom is -0.369 e. The number of carbonyl (C=O) groups excluding carboxylic acids is 2. The number of Topliss-reactive ketones (excluding diaryl/α,β-unsaturated/α-hetero) is 1. The van der Waals surface area contributed by atoms with Crippen LogP contribution in [0, 0.1) is 5.92 Å². The third-order valence-corrected chi connectivity index (χ3v) is 4.06. The van der Waals surface area contributed by atoms with Gasteiger partial charge in [0, 0.05) is 37.6 Å². The molecular weight excluding hydrogens is 254 g/mol. The van der Waals surface area contributed by atoms with Crippen LogP contribution in [0.25, 0.3) is 0 Å². The Morgan fingerprint density at radius 3 is 2.75 bits per heavy atom. The normalized spacial score (nSPS) is 22.1. The molecule has 1 amide bonds. The summed E-state index contributed by atoms with van der Waals surface area (Å²) in [5, 5.41) is 6.16. The zero-order chi connectivity index (χ0) is 14.1. The van der Waals surface area contributed by atoms with Crippen molar-refractivity contribution in [3.8, 4) is 0 Å². The van der Waals surface area contributed by atoms with Crippen LogP contribution >= 0.6 is 0 Å². The summed E-state index contributed by atoms with van der Waals surface area (Å²) in [7, 11) is 0. The third-order valence-electron chi connectivity index (χ3n) is 4.06. The van der Waals surface area contributed by atoms with Crippen LogP contribution in [0.5, 0.6) is 0 Å². The summed E-state index contributed by atoms with van der Waals surface area (Å²) in [6.45, 7) is 5.44. The molecule has 0 saturated carbocycles. The van der Waals surface area contributed by atoms with Gasteiger partial charge >= 0.3 is 0 Å². The fourth-order valence-corrected chi connectivity index (χ4v) is 2.85. The number of rotatable bonds is 2. The average molecular weight is 273 g/mol. The fourth-order valence-electron chi connectivity index (χ4n) is 2.85. The van der Waals surface area contributed by atoms with E-state index in [4.69, 9.17) is 0 Å². The standard InChI is InChI=1S/C15H19N3O2/c1-10(19)13-9-11-8-12(18-6-4-16-5-7-18)2-3-14(11)17-15(13)20/h2-3,8,13,16H,4-7,9H2,1H3,(H,17,20). The summed E-state index contributed by atoms with van der Waals surface area (Å²) < 4.78 is 0. The molecule has 1 atom stereocenters. The highest BCUT2D eigenvalue weighted by molar-refractivity contribution is 6.08. The molecule has 0 bridgehead atoms. The van der Waals surface area contributed by atoms with Crippen LogP contribution in [0.4, 0.5) is 11.4 Å². The molecule has 1 aromatic carbocycles. The lowest BCUT2D eigenvalue weighted by Crippen LogP contribution is -2.43. The van der Waals surface area contributed by atoms with Gasteiger partial charge in [0.15, 0.2) is 0 Å². The molecule has 106 valence electrons. The van der Waals surface area contributed by atoms with Crippen LogP contribution in [0.3, 0.4) is 0 Å². The molecular formula is C15H19N3O2. The number of ketones is 1. The number of anilines is 2. The first-order valence-corrected chi connectivity index (χ1v) is 7.05. The van der Waals surface area contributed by atoms with E-state index in [2.05, 4.69) is 21.6 Å². The van der Waals surface area contributed by atoms with Crippen LogP contribution in [0.2, 0.25) is 0 Å². The number of hydrogen-bond donors (Lipinski definition) is 2. The molecule has 2 N–H and O–H groups in total. The Hall–Kier alpha value is -1.88. The van der Waals surface area contributed by atoms with Gasteiger partial charge in [-0.25, -0.2) is 0 Å². The van der Waals surface area contributed by atoms with E-state index < -0.39 is 5.92 Å². The molecule has 5 nitrogen and oxygen atoms in total. The molecule has 20 heavy (non-hydrogen) atoms. The topological polar surface area (TPSA) is 61.4 Å². The highest BCUT2D eigenvalue weighted by atomic mass is 16.2. The Kier molecular flexibility index (Phi) is 3.44. The van der Waals surface area contributed by atoms with Gasteiger partial charge in [-0.1, -0.05) is 0 Å². The van der Waals surface area contributed by atoms with Crippen molar-refractivity contribution in [2.24, 2.45) is 5.92 Å². The molecule has 1 saturated heterocycles. The van der Waals surface area contributed by atoms with Gasteiger partial charge in [0.1, 0.15) is 11.7 Å². The van der Waals surface area contributed by atoms with Crippen LogP contribution < -0.4 is 15.5 Å². The largest absolute Gasteiger partial charge is 0.369 e. The number of fused-ring (bicyclic) bond motifs is 1. The summed E-state index contributed by atoms with van der Waals surface area (Å²) in [5.74, 6) is -0.790. The van der Waals surface area contributed by atoms with Crippen LogP contribution in [0.1, 0.15) is 12.5 Å². The van der Waals surface area contributed by atoms with E-state index in [0.717, 1.165) is 37.4 Å². The van der Waals surface area contributed by atoms with Crippen molar-refractivity contribution in [2.75, 3.05) is 36.4 Å². The quantitative estimate of drug-likeness (QED) is 0.782. The van der Waals surface area contributed by atoms with Gasteiger partial charge < -0.3 is 15.5 Å². The third kappa shape index (κ3) is 2.41. The Balaban J connectivity index is 1.87. The maximum Gasteiger partial charge on any atom is 0.235 e. The van der Waals surface area contributed by atoms with E-state index in [0.29, 0.717) is 6.42 Å². The van der Waals surface area contributed by atoms with E-state index in [1.807, 2.05) is 12.1 Å². The lowest BCUT2D eigenvalue weighted by atomic mass is 9.90. The van der Waals surface area contributed by atoms with E-state index in [1.165, 1.54) is 12.6 Å². The van der Waals surface area contributed by atoms with Crippen molar-refractivity contribution in [1.29, 1.82) is 0 Å². The second kappa shape index (κ2) is 5.25. The summed E-state index contributed by atoms with van der Waals surface area (Å²) in [6, 6.07) is 6.09. The van der Waals surface area contributed by atoms with Gasteiger partial charge in [0.2, 0.25) is 5.91 Å². The molecule has 2 aliphatic rings. The fraction of sp³-hybridized carbons (Fsp3) is 0.467. The number of hydrogen-bond acceptors (Lipinski definition) is 4. The Morgan fingerprint density at radius 2 is 2.05 bits per heavy atom. The maximum atomic E-state index is 11.8. The van der Waals surface area contributed by atoms with Crippen molar-refractivity contribution < 1.29 is 9.59 Å². The van der Waals surface area contributed by atoms with Crippen molar-refractivity contribution in [2.45, 2.75) is 13.3 Å². The van der Waals surface area contributed by atoms with Crippen LogP contribution in [0.15, 0.2) is 18.2 Å². The molecule has 2 aliphatic heterocycles. The van der Waals surface area contributed by atoms with Crippen molar-refractivity contribution >= 4 is 23.1 Å². The first-order valence-electron chi connectivity index (χ1n) is 7.05. The summed E-state index contributed by atoms with van der Waals surface area (Å²) in [6.07, 6.45) is 0.510. The van der Waals surface area contributed by atoms with Gasteiger partial charge in [0.05, 0.1) is 0 Å². The molecule has 3 rings (SSSR count). The first-order chi connectivity index (χ1) is 9.65. The predicted molar refractivity (Wildman–Crippen MR) is 78.0 cm³/mol. The van der Waals surface area contributed by atoms with Gasteiger partial charge in [-0.3, -0.25) is 9.59 Å². The van der Waals surface area contributed by atoms with E-state index in [9.17, 15) is 9.59 Å². The first kappa shape index (κ1) is 13.1. The molecule has 1 aromatic rings. The average Bonchev–Trinajstić information content (AvgIpc) is 2.47. The summed E-state index contributed by atoms with van der Waals surface area (Å²) in [4.78, 5) is 25.7. The predicted octanol–water partition coefficient (Wildman–Crippen LogP) is 0.796. The molecule has 1 unspecified atom stereocenters. The molecule has 5 heteroatoms. The molecule has 2 heterocycles. The van der Waals surface area contributed by atoms with Crippen molar-refractivity contribution in [3.63, 3.8) is 0 Å². The zero-order valence-corrected chi connectivity index (χ0v) is 11.6. The van der Waals surface area contributed by atoms with Gasteiger partial charge in [-0.2, -0.15) is 0 Å². The van der Waals surface area contributed by atoms with E-state index >= 15 is 0 Å². The van der Waals surface area contributed by atoms with Gasteiger partial charge in [-0.15, -0.1) is 0 Å². The monoisotopic (exact) mass is 273 g/mol. The van der Waals surface area contributed by atoms with Crippen molar-refractivity contribution in [3.05, 3.63) is 23.8 Å². The minimum atomic E-state index is -0.541. The number of nitrogens with zero attached hydrogens (tertiary/aromatic N) is 1. The number of benzene rings is 1. The maximum absolute atomic E-state index is 11.8. The lowest BCUT2D eigenvalue weighted by molar-refractivity contribution is -0.130. The second-order valence-corrected chi connectivity index (χ2v) is 5.44. The smallest absolute Gasteiger partial charge is 0.235 e.